The molecule has 0 aromatic heterocycles. The van der Waals surface area contributed by atoms with Crippen LogP contribution in [0.1, 0.15) is 27.7 Å². The second kappa shape index (κ2) is 11.3. The molecule has 2 heterocycles. The number of benzene rings is 3. The summed E-state index contributed by atoms with van der Waals surface area (Å²) in [4.78, 5) is 18.6. The molecule has 0 spiro atoms. The Morgan fingerprint density at radius 1 is 0.946 bits per heavy atom. The van der Waals surface area contributed by atoms with Gasteiger partial charge in [-0.2, -0.15) is 0 Å². The number of rotatable bonds is 7. The number of fused-ring (bicyclic) bond motifs is 1. The van der Waals surface area contributed by atoms with Crippen LogP contribution in [0.3, 0.4) is 0 Å². The van der Waals surface area contributed by atoms with Crippen molar-refractivity contribution in [1.29, 1.82) is 0 Å². The Morgan fingerprint density at radius 2 is 1.65 bits per heavy atom. The van der Waals surface area contributed by atoms with E-state index in [1.165, 1.54) is 0 Å². The molecular formula is C28H33N5O4. The van der Waals surface area contributed by atoms with Crippen LogP contribution in [0.25, 0.3) is 0 Å². The van der Waals surface area contributed by atoms with Crippen LogP contribution in [0.5, 0.6) is 0 Å². The largest absolute Gasteiger partial charge is 0.397 e. The van der Waals surface area contributed by atoms with E-state index in [-0.39, 0.29) is 5.91 Å². The molecule has 2 atom stereocenters. The molecule has 5 N–H and O–H groups in total. The number of anilines is 3. The number of morpholine rings is 1. The first kappa shape index (κ1) is 25.2. The first-order valence-electron chi connectivity index (χ1n) is 12.5. The summed E-state index contributed by atoms with van der Waals surface area (Å²) < 4.78 is 5.45. The third kappa shape index (κ3) is 5.61. The van der Waals surface area contributed by atoms with Crippen LogP contribution in [0.4, 0.5) is 17.1 Å². The molecule has 1 amide bonds. The summed E-state index contributed by atoms with van der Waals surface area (Å²) in [5.74, 6) is -0.259. The number of nitrogens with two attached hydrogens (primary N) is 1. The molecule has 9 nitrogen and oxygen atoms in total. The van der Waals surface area contributed by atoms with Crippen molar-refractivity contribution in [1.82, 2.24) is 9.80 Å². The molecule has 0 saturated carbocycles. The summed E-state index contributed by atoms with van der Waals surface area (Å²) in [6.45, 7) is 4.88. The molecule has 1 saturated heterocycles. The van der Waals surface area contributed by atoms with Gasteiger partial charge in [-0.05, 0) is 35.9 Å². The lowest BCUT2D eigenvalue weighted by Crippen LogP contribution is -2.55. The minimum Gasteiger partial charge on any atom is -0.397 e. The second-order valence-corrected chi connectivity index (χ2v) is 9.34. The fraction of sp³-hybridized carbons (Fsp3) is 0.321. The number of amides is 1. The fourth-order valence-corrected chi connectivity index (χ4v) is 4.83. The minimum atomic E-state index is -1.00. The summed E-state index contributed by atoms with van der Waals surface area (Å²) in [7, 11) is 0. The average Bonchev–Trinajstić information content (AvgIpc) is 2.93. The Morgan fingerprint density at radius 3 is 2.41 bits per heavy atom. The van der Waals surface area contributed by atoms with E-state index in [0.717, 1.165) is 49.7 Å². The SMILES string of the molecule is Nc1ccccc1NC(=O)c1ccc(CN2C(O)c3ccccc3N(CCN3CCOCC3)C2O)cc1. The molecule has 5 rings (SSSR count). The van der Waals surface area contributed by atoms with Crippen LogP contribution in [-0.4, -0.2) is 71.7 Å². The summed E-state index contributed by atoms with van der Waals surface area (Å²) in [6.07, 6.45) is -1.97. The average molecular weight is 504 g/mol. The van der Waals surface area contributed by atoms with Gasteiger partial charge in [0.15, 0.2) is 6.35 Å². The highest BCUT2D eigenvalue weighted by molar-refractivity contribution is 6.05. The monoisotopic (exact) mass is 503 g/mol. The van der Waals surface area contributed by atoms with Gasteiger partial charge in [-0.1, -0.05) is 42.5 Å². The number of aliphatic hydroxyl groups is 2. The first-order chi connectivity index (χ1) is 18.0. The maximum absolute atomic E-state index is 12.7. The lowest BCUT2D eigenvalue weighted by atomic mass is 10.0. The Bertz CT molecular complexity index is 1220. The van der Waals surface area contributed by atoms with Crippen molar-refractivity contribution >= 4 is 23.0 Å². The lowest BCUT2D eigenvalue weighted by molar-refractivity contribution is -0.119. The van der Waals surface area contributed by atoms with Gasteiger partial charge >= 0.3 is 0 Å². The summed E-state index contributed by atoms with van der Waals surface area (Å²) in [6, 6.07) is 21.9. The van der Waals surface area contributed by atoms with Crippen LogP contribution < -0.4 is 16.0 Å². The third-order valence-electron chi connectivity index (χ3n) is 6.96. The van der Waals surface area contributed by atoms with E-state index in [4.69, 9.17) is 10.5 Å². The van der Waals surface area contributed by atoms with Gasteiger partial charge in [-0.3, -0.25) is 9.69 Å². The molecule has 2 aliphatic heterocycles. The number of para-hydroxylation sites is 3. The van der Waals surface area contributed by atoms with Crippen molar-refractivity contribution in [2.75, 3.05) is 55.3 Å². The molecular weight excluding hydrogens is 470 g/mol. The van der Waals surface area contributed by atoms with E-state index in [1.54, 1.807) is 29.2 Å². The van der Waals surface area contributed by atoms with Crippen molar-refractivity contribution in [2.24, 2.45) is 0 Å². The van der Waals surface area contributed by atoms with Gasteiger partial charge in [0.05, 0.1) is 24.6 Å². The van der Waals surface area contributed by atoms with Crippen molar-refractivity contribution in [3.63, 3.8) is 0 Å². The predicted octanol–water partition coefficient (Wildman–Crippen LogP) is 2.44. The van der Waals surface area contributed by atoms with Gasteiger partial charge in [0.25, 0.3) is 5.91 Å². The number of carbonyl (C=O) groups excluding carboxylic acids is 1. The highest BCUT2D eigenvalue weighted by Gasteiger charge is 2.37. The second-order valence-electron chi connectivity index (χ2n) is 9.34. The summed E-state index contributed by atoms with van der Waals surface area (Å²) in [5.41, 5.74) is 9.93. The smallest absolute Gasteiger partial charge is 0.255 e. The van der Waals surface area contributed by atoms with Crippen molar-refractivity contribution < 1.29 is 19.7 Å². The number of hydrogen-bond acceptors (Lipinski definition) is 8. The van der Waals surface area contributed by atoms with E-state index in [0.29, 0.717) is 30.0 Å². The maximum atomic E-state index is 12.7. The molecule has 37 heavy (non-hydrogen) atoms. The molecule has 1 fully saturated rings. The van der Waals surface area contributed by atoms with E-state index >= 15 is 0 Å². The molecule has 194 valence electrons. The molecule has 3 aromatic carbocycles. The van der Waals surface area contributed by atoms with Gasteiger partial charge in [-0.15, -0.1) is 0 Å². The fourth-order valence-electron chi connectivity index (χ4n) is 4.83. The third-order valence-corrected chi connectivity index (χ3v) is 6.96. The number of nitrogens with one attached hydrogen (secondary N) is 1. The van der Waals surface area contributed by atoms with E-state index in [9.17, 15) is 15.0 Å². The van der Waals surface area contributed by atoms with Crippen LogP contribution in [0.2, 0.25) is 0 Å². The molecule has 3 aromatic rings. The lowest BCUT2D eigenvalue weighted by Gasteiger charge is -2.46. The molecule has 9 heteroatoms. The van der Waals surface area contributed by atoms with Gasteiger partial charge in [0, 0.05) is 49.5 Å². The van der Waals surface area contributed by atoms with Gasteiger partial charge in [-0.25, -0.2) is 4.90 Å². The van der Waals surface area contributed by atoms with E-state index < -0.39 is 12.6 Å². The molecule has 2 unspecified atom stereocenters. The van der Waals surface area contributed by atoms with Crippen molar-refractivity contribution in [2.45, 2.75) is 19.1 Å². The standard InChI is InChI=1S/C28H33N5O4/c29-23-6-2-3-7-24(23)30-26(34)21-11-9-20(10-12-21)19-33-27(35)22-5-1-4-8-25(22)32(28(33)36)14-13-31-15-17-37-18-16-31/h1-12,27-28,35-36H,13-19,29H2,(H,30,34). The number of carbonyl (C=O) groups is 1. The zero-order valence-corrected chi connectivity index (χ0v) is 20.7. The number of aliphatic hydroxyl groups excluding tert-OH is 2. The maximum Gasteiger partial charge on any atom is 0.255 e. The zero-order valence-electron chi connectivity index (χ0n) is 20.7. The number of hydrogen-bond donors (Lipinski definition) is 4. The Labute approximate surface area is 216 Å². The van der Waals surface area contributed by atoms with Gasteiger partial charge in [0.2, 0.25) is 0 Å². The number of ether oxygens (including phenoxy) is 1. The Hall–Kier alpha value is -3.47. The zero-order chi connectivity index (χ0) is 25.8. The number of nitrogen functional groups attached to an aromatic ring is 1. The minimum absolute atomic E-state index is 0.259. The Balaban J connectivity index is 1.29. The van der Waals surface area contributed by atoms with Crippen molar-refractivity contribution in [3.05, 3.63) is 89.5 Å². The summed E-state index contributed by atoms with van der Waals surface area (Å²) >= 11 is 0. The van der Waals surface area contributed by atoms with Gasteiger partial charge in [0.1, 0.15) is 6.23 Å². The van der Waals surface area contributed by atoms with Crippen LogP contribution in [0.15, 0.2) is 72.8 Å². The quantitative estimate of drug-likeness (QED) is 0.364. The highest BCUT2D eigenvalue weighted by atomic mass is 16.5. The molecule has 0 aliphatic carbocycles. The topological polar surface area (TPSA) is 115 Å². The normalized spacial score (nSPS) is 20.4. The number of nitrogens with zero attached hydrogens (tertiary/aromatic N) is 3. The molecule has 0 radical (unpaired) electrons. The predicted molar refractivity (Wildman–Crippen MR) is 143 cm³/mol. The van der Waals surface area contributed by atoms with Crippen LogP contribution in [-0.2, 0) is 11.3 Å². The highest BCUT2D eigenvalue weighted by Crippen LogP contribution is 2.37. The molecule has 0 bridgehead atoms. The van der Waals surface area contributed by atoms with Gasteiger partial charge < -0.3 is 30.9 Å². The summed E-state index contributed by atoms with van der Waals surface area (Å²) in [5, 5.41) is 25.3. The first-order valence-corrected chi connectivity index (χ1v) is 12.5. The van der Waals surface area contributed by atoms with Crippen LogP contribution in [0, 0.1) is 0 Å². The molecule has 2 aliphatic rings. The van der Waals surface area contributed by atoms with E-state index in [1.807, 2.05) is 53.4 Å². The van der Waals surface area contributed by atoms with E-state index in [2.05, 4.69) is 10.2 Å². The van der Waals surface area contributed by atoms with Crippen molar-refractivity contribution in [3.8, 4) is 0 Å². The van der Waals surface area contributed by atoms with Crippen LogP contribution >= 0.6 is 0 Å². The Kier molecular flexibility index (Phi) is 7.68.